The Balaban J connectivity index is 1.75. The van der Waals surface area contributed by atoms with Crippen LogP contribution in [0.4, 0.5) is 15.9 Å². The molecule has 28 heavy (non-hydrogen) atoms. The van der Waals surface area contributed by atoms with Crippen LogP contribution in [0, 0.1) is 12.7 Å². The van der Waals surface area contributed by atoms with Crippen molar-refractivity contribution in [1.29, 1.82) is 0 Å². The molecule has 1 N–H and O–H groups in total. The van der Waals surface area contributed by atoms with Gasteiger partial charge in [0.2, 0.25) is 0 Å². The van der Waals surface area contributed by atoms with Crippen LogP contribution in [0.2, 0.25) is 5.02 Å². The third kappa shape index (κ3) is 3.69. The Morgan fingerprint density at radius 3 is 2.68 bits per heavy atom. The van der Waals surface area contributed by atoms with E-state index in [1.165, 1.54) is 36.3 Å². The van der Waals surface area contributed by atoms with Crippen molar-refractivity contribution < 1.29 is 9.18 Å². The average molecular weight is 419 g/mol. The topological polar surface area (TPSA) is 58.1 Å². The fourth-order valence-electron chi connectivity index (χ4n) is 3.60. The summed E-state index contributed by atoms with van der Waals surface area (Å²) in [6, 6.07) is 4.19. The van der Waals surface area contributed by atoms with Gasteiger partial charge < -0.3 is 10.2 Å². The standard InChI is InChI=1S/C20H20ClFN4OS/c1-12-16(19(27)25-15-7-6-13(21)10-14(15)22)17-18(23-11-24-20(17)28-12)26-8-4-2-3-5-9-26/h6-7,10-11H,2-5,8-9H2,1H3,(H,25,27). The lowest BCUT2D eigenvalue weighted by atomic mass is 10.1. The summed E-state index contributed by atoms with van der Waals surface area (Å²) in [4.78, 5) is 25.8. The first-order valence-electron chi connectivity index (χ1n) is 9.30. The Labute approximate surface area is 171 Å². The third-order valence-corrected chi connectivity index (χ3v) is 6.20. The molecule has 0 saturated carbocycles. The molecule has 5 nitrogen and oxygen atoms in total. The predicted octanol–water partition coefficient (Wildman–Crippen LogP) is 5.42. The summed E-state index contributed by atoms with van der Waals surface area (Å²) in [5.74, 6) is -0.143. The fourth-order valence-corrected chi connectivity index (χ4v) is 4.74. The number of carbonyl (C=O) groups is 1. The number of rotatable bonds is 3. The van der Waals surface area contributed by atoms with Gasteiger partial charge in [0, 0.05) is 23.0 Å². The molecule has 8 heteroatoms. The van der Waals surface area contributed by atoms with E-state index in [4.69, 9.17) is 11.6 Å². The molecular weight excluding hydrogens is 399 g/mol. The second-order valence-electron chi connectivity index (χ2n) is 6.89. The van der Waals surface area contributed by atoms with E-state index in [1.807, 2.05) is 6.92 Å². The van der Waals surface area contributed by atoms with Crippen molar-refractivity contribution in [2.75, 3.05) is 23.3 Å². The number of aryl methyl sites for hydroxylation is 1. The van der Waals surface area contributed by atoms with Crippen molar-refractivity contribution in [3.63, 3.8) is 0 Å². The minimum absolute atomic E-state index is 0.0984. The predicted molar refractivity (Wildman–Crippen MR) is 112 cm³/mol. The summed E-state index contributed by atoms with van der Waals surface area (Å²) in [7, 11) is 0. The minimum atomic E-state index is -0.568. The summed E-state index contributed by atoms with van der Waals surface area (Å²) >= 11 is 7.26. The van der Waals surface area contributed by atoms with E-state index in [9.17, 15) is 9.18 Å². The fraction of sp³-hybridized carbons (Fsp3) is 0.350. The lowest BCUT2D eigenvalue weighted by Gasteiger charge is -2.22. The molecule has 0 unspecified atom stereocenters. The number of halogens is 2. The van der Waals surface area contributed by atoms with Crippen molar-refractivity contribution in [1.82, 2.24) is 9.97 Å². The van der Waals surface area contributed by atoms with Crippen molar-refractivity contribution in [3.05, 3.63) is 45.8 Å². The van der Waals surface area contributed by atoms with Gasteiger partial charge in [0.05, 0.1) is 16.6 Å². The first kappa shape index (κ1) is 19.1. The Morgan fingerprint density at radius 2 is 1.96 bits per heavy atom. The van der Waals surface area contributed by atoms with Gasteiger partial charge in [-0.1, -0.05) is 24.4 Å². The monoisotopic (exact) mass is 418 g/mol. The molecule has 1 amide bonds. The van der Waals surface area contributed by atoms with Gasteiger partial charge in [0.1, 0.15) is 22.8 Å². The molecule has 1 aliphatic heterocycles. The van der Waals surface area contributed by atoms with E-state index in [-0.39, 0.29) is 16.6 Å². The number of aromatic nitrogens is 2. The van der Waals surface area contributed by atoms with Crippen molar-refractivity contribution in [3.8, 4) is 0 Å². The normalized spacial score (nSPS) is 14.9. The molecule has 1 saturated heterocycles. The van der Waals surface area contributed by atoms with Gasteiger partial charge in [0.15, 0.2) is 0 Å². The van der Waals surface area contributed by atoms with E-state index < -0.39 is 5.82 Å². The van der Waals surface area contributed by atoms with Gasteiger partial charge in [-0.05, 0) is 38.0 Å². The van der Waals surface area contributed by atoms with Crippen molar-refractivity contribution >= 4 is 50.6 Å². The zero-order valence-electron chi connectivity index (χ0n) is 15.5. The second kappa shape index (κ2) is 8.01. The Hall–Kier alpha value is -2.25. The number of benzene rings is 1. The molecule has 1 aromatic carbocycles. The van der Waals surface area contributed by atoms with Crippen LogP contribution in [0.15, 0.2) is 24.5 Å². The quantitative estimate of drug-likeness (QED) is 0.616. The van der Waals surface area contributed by atoms with Crippen LogP contribution >= 0.6 is 22.9 Å². The van der Waals surface area contributed by atoms with Crippen LogP contribution in [0.5, 0.6) is 0 Å². The Morgan fingerprint density at radius 1 is 1.21 bits per heavy atom. The van der Waals surface area contributed by atoms with Crippen LogP contribution < -0.4 is 10.2 Å². The average Bonchev–Trinajstić information content (AvgIpc) is 2.82. The van der Waals surface area contributed by atoms with Crippen molar-refractivity contribution in [2.24, 2.45) is 0 Å². The Kier molecular flexibility index (Phi) is 5.46. The molecular formula is C20H20ClFN4OS. The highest BCUT2D eigenvalue weighted by Gasteiger charge is 2.24. The molecule has 0 bridgehead atoms. The number of nitrogens with one attached hydrogen (secondary N) is 1. The molecule has 2 aromatic heterocycles. The molecule has 3 heterocycles. The van der Waals surface area contributed by atoms with Gasteiger partial charge in [-0.2, -0.15) is 0 Å². The van der Waals surface area contributed by atoms with Gasteiger partial charge in [-0.25, -0.2) is 14.4 Å². The maximum absolute atomic E-state index is 14.2. The number of nitrogens with zero attached hydrogens (tertiary/aromatic N) is 3. The molecule has 0 atom stereocenters. The maximum atomic E-state index is 14.2. The zero-order chi connectivity index (χ0) is 19.7. The van der Waals surface area contributed by atoms with Crippen LogP contribution in [-0.2, 0) is 0 Å². The third-order valence-electron chi connectivity index (χ3n) is 4.96. The molecule has 0 spiro atoms. The second-order valence-corrected chi connectivity index (χ2v) is 8.53. The lowest BCUT2D eigenvalue weighted by Crippen LogP contribution is -2.25. The van der Waals surface area contributed by atoms with Crippen LogP contribution in [0.25, 0.3) is 10.2 Å². The smallest absolute Gasteiger partial charge is 0.257 e. The van der Waals surface area contributed by atoms with Crippen LogP contribution in [0.3, 0.4) is 0 Å². The van der Waals surface area contributed by atoms with E-state index >= 15 is 0 Å². The molecule has 0 aliphatic carbocycles. The molecule has 1 fully saturated rings. The Bertz CT molecular complexity index is 1030. The molecule has 4 rings (SSSR count). The van der Waals surface area contributed by atoms with Crippen LogP contribution in [-0.4, -0.2) is 29.0 Å². The highest BCUT2D eigenvalue weighted by Crippen LogP contribution is 2.36. The van der Waals surface area contributed by atoms with E-state index in [0.717, 1.165) is 46.8 Å². The van der Waals surface area contributed by atoms with Gasteiger partial charge in [0.25, 0.3) is 5.91 Å². The van der Waals surface area contributed by atoms with E-state index in [2.05, 4.69) is 20.2 Å². The zero-order valence-corrected chi connectivity index (χ0v) is 17.0. The largest absolute Gasteiger partial charge is 0.356 e. The number of carbonyl (C=O) groups excluding carboxylic acids is 1. The summed E-state index contributed by atoms with van der Waals surface area (Å²) in [5, 5.41) is 3.71. The van der Waals surface area contributed by atoms with E-state index in [1.54, 1.807) is 12.4 Å². The molecule has 146 valence electrons. The highest BCUT2D eigenvalue weighted by atomic mass is 35.5. The number of hydrogen-bond donors (Lipinski definition) is 1. The van der Waals surface area contributed by atoms with Crippen molar-refractivity contribution in [2.45, 2.75) is 32.6 Å². The SMILES string of the molecule is Cc1sc2ncnc(N3CCCCCC3)c2c1C(=O)Nc1ccc(Cl)cc1F. The number of amides is 1. The first-order chi connectivity index (χ1) is 13.5. The molecule has 1 aliphatic rings. The summed E-state index contributed by atoms with van der Waals surface area (Å²) in [6.45, 7) is 3.70. The molecule has 0 radical (unpaired) electrons. The van der Waals surface area contributed by atoms with Crippen LogP contribution in [0.1, 0.15) is 40.9 Å². The highest BCUT2D eigenvalue weighted by molar-refractivity contribution is 7.19. The summed E-state index contributed by atoms with van der Waals surface area (Å²) in [6.07, 6.45) is 6.17. The minimum Gasteiger partial charge on any atom is -0.356 e. The number of thiophene rings is 1. The maximum Gasteiger partial charge on any atom is 0.257 e. The van der Waals surface area contributed by atoms with Gasteiger partial charge in [-0.15, -0.1) is 11.3 Å². The van der Waals surface area contributed by atoms with Gasteiger partial charge in [-0.3, -0.25) is 4.79 Å². The number of hydrogen-bond acceptors (Lipinski definition) is 5. The summed E-state index contributed by atoms with van der Waals surface area (Å²) < 4.78 is 14.2. The molecule has 3 aromatic rings. The number of fused-ring (bicyclic) bond motifs is 1. The summed E-state index contributed by atoms with van der Waals surface area (Å²) in [5.41, 5.74) is 0.607. The lowest BCUT2D eigenvalue weighted by molar-refractivity contribution is 0.102. The van der Waals surface area contributed by atoms with Gasteiger partial charge >= 0.3 is 0 Å². The number of anilines is 2. The van der Waals surface area contributed by atoms with E-state index in [0.29, 0.717) is 5.56 Å². The first-order valence-corrected chi connectivity index (χ1v) is 10.5.